The number of likely N-dealkylation sites (N-methyl/N-ethyl adjacent to an activating group) is 1. The van der Waals surface area contributed by atoms with E-state index in [1.807, 2.05) is 29.3 Å². The molecule has 0 fully saturated rings. The third kappa shape index (κ3) is 4.00. The van der Waals surface area contributed by atoms with Crippen molar-refractivity contribution in [3.05, 3.63) is 69.2 Å². The van der Waals surface area contributed by atoms with Crippen molar-refractivity contribution >= 4 is 17.2 Å². The first-order chi connectivity index (χ1) is 14.1. The van der Waals surface area contributed by atoms with E-state index < -0.39 is 0 Å². The van der Waals surface area contributed by atoms with Gasteiger partial charge in [-0.15, -0.1) is 11.3 Å². The molecule has 152 valence electrons. The zero-order chi connectivity index (χ0) is 20.4. The molecule has 4 rings (SSSR count). The highest BCUT2D eigenvalue weighted by Crippen LogP contribution is 2.27. The molecule has 3 heterocycles. The highest BCUT2D eigenvalue weighted by atomic mass is 32.1. The topological polar surface area (TPSA) is 41.4 Å². The quantitative estimate of drug-likeness (QED) is 0.611. The molecule has 1 aliphatic rings. The molecule has 0 atom stereocenters. The van der Waals surface area contributed by atoms with Gasteiger partial charge in [0.25, 0.3) is 5.91 Å². The lowest BCUT2D eigenvalue weighted by Crippen LogP contribution is -2.33. The molecule has 29 heavy (non-hydrogen) atoms. The predicted octanol–water partition coefficient (Wildman–Crippen LogP) is 4.28. The number of carbonyl (C=O) groups is 1. The van der Waals surface area contributed by atoms with Crippen LogP contribution in [-0.4, -0.2) is 45.1 Å². The van der Waals surface area contributed by atoms with Gasteiger partial charge < -0.3 is 4.90 Å². The van der Waals surface area contributed by atoms with Crippen molar-refractivity contribution in [3.63, 3.8) is 0 Å². The van der Waals surface area contributed by atoms with Gasteiger partial charge in [0.1, 0.15) is 0 Å². The van der Waals surface area contributed by atoms with Gasteiger partial charge in [-0.1, -0.05) is 30.7 Å². The lowest BCUT2D eigenvalue weighted by molar-refractivity contribution is 0.0754. The molecule has 0 N–H and O–H groups in total. The normalized spacial score (nSPS) is 14.0. The highest BCUT2D eigenvalue weighted by molar-refractivity contribution is 7.12. The standard InChI is InChI=1S/C23H28N4OS/c1-4-25-13-12-21-19(15-25)20(24-27(21)18-10-8-17(3)9-11-18)16-26(5-2)23(28)22-7-6-14-29-22/h6-11,14H,4-5,12-13,15-16H2,1-3H3. The number of aryl methyl sites for hydroxylation is 1. The maximum atomic E-state index is 12.9. The molecule has 0 unspecified atom stereocenters. The molecule has 1 amide bonds. The molecule has 3 aromatic rings. The average molecular weight is 409 g/mol. The number of amides is 1. The van der Waals surface area contributed by atoms with E-state index in [1.165, 1.54) is 28.2 Å². The molecular weight excluding hydrogens is 380 g/mol. The van der Waals surface area contributed by atoms with Crippen LogP contribution in [0.2, 0.25) is 0 Å². The van der Waals surface area contributed by atoms with Crippen molar-refractivity contribution < 1.29 is 4.79 Å². The van der Waals surface area contributed by atoms with Crippen LogP contribution in [-0.2, 0) is 19.5 Å². The monoisotopic (exact) mass is 408 g/mol. The molecule has 0 aliphatic carbocycles. The van der Waals surface area contributed by atoms with Gasteiger partial charge in [0.15, 0.2) is 0 Å². The fourth-order valence-electron chi connectivity index (χ4n) is 3.90. The first kappa shape index (κ1) is 19.9. The van der Waals surface area contributed by atoms with Gasteiger partial charge in [-0.3, -0.25) is 9.69 Å². The van der Waals surface area contributed by atoms with E-state index in [4.69, 9.17) is 5.10 Å². The molecule has 1 aliphatic heterocycles. The Morgan fingerprint density at radius 2 is 2.00 bits per heavy atom. The summed E-state index contributed by atoms with van der Waals surface area (Å²) < 4.78 is 2.10. The Labute approximate surface area is 176 Å². The molecule has 1 aromatic carbocycles. The molecule has 0 bridgehead atoms. The van der Waals surface area contributed by atoms with Crippen molar-refractivity contribution in [2.75, 3.05) is 19.6 Å². The van der Waals surface area contributed by atoms with Gasteiger partial charge >= 0.3 is 0 Å². The molecule has 0 saturated heterocycles. The van der Waals surface area contributed by atoms with Gasteiger partial charge in [-0.25, -0.2) is 4.68 Å². The first-order valence-electron chi connectivity index (χ1n) is 10.3. The van der Waals surface area contributed by atoms with Gasteiger partial charge in [-0.2, -0.15) is 5.10 Å². The largest absolute Gasteiger partial charge is 0.332 e. The number of hydrogen-bond donors (Lipinski definition) is 0. The van der Waals surface area contributed by atoms with Gasteiger partial charge in [0.2, 0.25) is 0 Å². The van der Waals surface area contributed by atoms with E-state index in [-0.39, 0.29) is 5.91 Å². The summed E-state index contributed by atoms with van der Waals surface area (Å²) in [4.78, 5) is 18.1. The van der Waals surface area contributed by atoms with Crippen molar-refractivity contribution in [2.24, 2.45) is 0 Å². The second kappa shape index (κ2) is 8.51. The van der Waals surface area contributed by atoms with E-state index in [0.29, 0.717) is 13.1 Å². The minimum atomic E-state index is 0.0873. The zero-order valence-corrected chi connectivity index (χ0v) is 18.2. The van der Waals surface area contributed by atoms with Crippen molar-refractivity contribution in [2.45, 2.75) is 40.3 Å². The van der Waals surface area contributed by atoms with Crippen LogP contribution in [0.5, 0.6) is 0 Å². The van der Waals surface area contributed by atoms with Crippen molar-refractivity contribution in [1.82, 2.24) is 19.6 Å². The smallest absolute Gasteiger partial charge is 0.264 e. The van der Waals surface area contributed by atoms with Gasteiger partial charge in [0, 0.05) is 31.6 Å². The third-order valence-electron chi connectivity index (χ3n) is 5.69. The number of rotatable bonds is 6. The zero-order valence-electron chi connectivity index (χ0n) is 17.4. The molecule has 2 aromatic heterocycles. The number of hydrogen-bond acceptors (Lipinski definition) is 4. The Kier molecular flexibility index (Phi) is 5.83. The maximum absolute atomic E-state index is 12.9. The molecule has 6 heteroatoms. The van der Waals surface area contributed by atoms with Crippen LogP contribution in [0.4, 0.5) is 0 Å². The number of fused-ring (bicyclic) bond motifs is 1. The minimum absolute atomic E-state index is 0.0873. The number of carbonyl (C=O) groups excluding carboxylic acids is 1. The summed E-state index contributed by atoms with van der Waals surface area (Å²) in [6.45, 7) is 10.5. The summed E-state index contributed by atoms with van der Waals surface area (Å²) in [6.07, 6.45) is 0.981. The van der Waals surface area contributed by atoms with Gasteiger partial charge in [0.05, 0.1) is 28.5 Å². The van der Waals surface area contributed by atoms with Crippen LogP contribution in [0.15, 0.2) is 41.8 Å². The minimum Gasteiger partial charge on any atom is -0.332 e. The number of nitrogens with zero attached hydrogens (tertiary/aromatic N) is 4. The van der Waals surface area contributed by atoms with Crippen LogP contribution in [0.1, 0.15) is 46.0 Å². The Morgan fingerprint density at radius 1 is 1.21 bits per heavy atom. The Balaban J connectivity index is 1.70. The van der Waals surface area contributed by atoms with E-state index in [1.54, 1.807) is 0 Å². The molecular formula is C23H28N4OS. The summed E-state index contributed by atoms with van der Waals surface area (Å²) in [6, 6.07) is 12.3. The maximum Gasteiger partial charge on any atom is 0.264 e. The number of benzene rings is 1. The van der Waals surface area contributed by atoms with Crippen LogP contribution in [0.3, 0.4) is 0 Å². The Bertz CT molecular complexity index is 975. The molecule has 0 spiro atoms. The molecule has 5 nitrogen and oxygen atoms in total. The van der Waals surface area contributed by atoms with E-state index in [9.17, 15) is 4.79 Å². The molecule has 0 saturated carbocycles. The number of aromatic nitrogens is 2. The highest BCUT2D eigenvalue weighted by Gasteiger charge is 2.27. The summed E-state index contributed by atoms with van der Waals surface area (Å²) in [5.74, 6) is 0.0873. The van der Waals surface area contributed by atoms with Crippen LogP contribution in [0, 0.1) is 6.92 Å². The van der Waals surface area contributed by atoms with E-state index in [0.717, 1.165) is 42.3 Å². The van der Waals surface area contributed by atoms with Crippen LogP contribution >= 0.6 is 11.3 Å². The van der Waals surface area contributed by atoms with Crippen LogP contribution < -0.4 is 0 Å². The lowest BCUT2D eigenvalue weighted by atomic mass is 10.0. The van der Waals surface area contributed by atoms with Gasteiger partial charge in [-0.05, 0) is 44.0 Å². The Morgan fingerprint density at radius 3 is 2.66 bits per heavy atom. The lowest BCUT2D eigenvalue weighted by Gasteiger charge is -2.27. The second-order valence-corrected chi connectivity index (χ2v) is 8.48. The molecule has 0 radical (unpaired) electrons. The fourth-order valence-corrected chi connectivity index (χ4v) is 4.59. The van der Waals surface area contributed by atoms with Crippen molar-refractivity contribution in [1.29, 1.82) is 0 Å². The first-order valence-corrected chi connectivity index (χ1v) is 11.2. The SMILES string of the molecule is CCN1CCc2c(c(CN(CC)C(=O)c3cccs3)nn2-c2ccc(C)cc2)C1. The average Bonchev–Trinajstić information content (AvgIpc) is 3.40. The summed E-state index contributed by atoms with van der Waals surface area (Å²) in [7, 11) is 0. The summed E-state index contributed by atoms with van der Waals surface area (Å²) >= 11 is 1.50. The Hall–Kier alpha value is -2.44. The third-order valence-corrected chi connectivity index (χ3v) is 6.54. The van der Waals surface area contributed by atoms with Crippen LogP contribution in [0.25, 0.3) is 5.69 Å². The fraction of sp³-hybridized carbons (Fsp3) is 0.391. The van der Waals surface area contributed by atoms with E-state index >= 15 is 0 Å². The summed E-state index contributed by atoms with van der Waals surface area (Å²) in [5.41, 5.74) is 5.93. The second-order valence-electron chi connectivity index (χ2n) is 7.53. The summed E-state index contributed by atoms with van der Waals surface area (Å²) in [5, 5.41) is 6.96. The van der Waals surface area contributed by atoms with E-state index in [2.05, 4.69) is 47.7 Å². The number of thiophene rings is 1. The predicted molar refractivity (Wildman–Crippen MR) is 118 cm³/mol. The van der Waals surface area contributed by atoms with Crippen molar-refractivity contribution in [3.8, 4) is 5.69 Å².